The minimum atomic E-state index is -4.28. The predicted molar refractivity (Wildman–Crippen MR) is 215 cm³/mol. The molecule has 0 unspecified atom stereocenters. The number of hydrogen-bond donors (Lipinski definition) is 6. The van der Waals surface area contributed by atoms with Gasteiger partial charge in [-0.15, -0.1) is 0 Å². The van der Waals surface area contributed by atoms with E-state index in [9.17, 15) is 52.2 Å². The summed E-state index contributed by atoms with van der Waals surface area (Å²) in [5.74, 6) is -5.93. The maximum absolute atomic E-state index is 14.0. The monoisotopic (exact) mass is 878 g/mol. The van der Waals surface area contributed by atoms with E-state index in [1.165, 1.54) is 39.0 Å². The number of unbranched alkanes of at least 4 members (excludes halogenated alkanes) is 1. The summed E-state index contributed by atoms with van der Waals surface area (Å²) < 4.78 is 36.7. The summed E-state index contributed by atoms with van der Waals surface area (Å²) >= 11 is 0. The van der Waals surface area contributed by atoms with E-state index in [0.29, 0.717) is 24.3 Å². The number of carbonyl (C=O) groups is 7. The van der Waals surface area contributed by atoms with Crippen molar-refractivity contribution in [3.8, 4) is 11.5 Å². The molecular formula is C39H54N6O15S. The second kappa shape index (κ2) is 23.9. The molecule has 0 spiro atoms. The van der Waals surface area contributed by atoms with Crippen LogP contribution in [0.4, 0.5) is 0 Å². The molecule has 7 N–H and O–H groups in total. The van der Waals surface area contributed by atoms with Crippen molar-refractivity contribution in [3.63, 3.8) is 0 Å². The zero-order valence-electron chi connectivity index (χ0n) is 33.8. The van der Waals surface area contributed by atoms with E-state index >= 15 is 0 Å². The maximum atomic E-state index is 14.0. The highest BCUT2D eigenvalue weighted by atomic mass is 32.2. The Bertz CT molecular complexity index is 1910. The highest BCUT2D eigenvalue weighted by Gasteiger charge is 2.54. The zero-order chi connectivity index (χ0) is 45.2. The first-order valence-electron chi connectivity index (χ1n) is 19.4. The molecule has 0 radical (unpaired) electrons. The first-order chi connectivity index (χ1) is 28.9. The van der Waals surface area contributed by atoms with Crippen LogP contribution in [0.5, 0.6) is 11.5 Å². The highest BCUT2D eigenvalue weighted by molar-refractivity contribution is 7.93. The number of nitrogens with two attached hydrogens (primary N) is 1. The molecule has 0 saturated carbocycles. The molecule has 61 heavy (non-hydrogen) atoms. The van der Waals surface area contributed by atoms with E-state index in [4.69, 9.17) is 25.4 Å². The van der Waals surface area contributed by atoms with Crippen LogP contribution in [0.2, 0.25) is 0 Å². The van der Waals surface area contributed by atoms with Crippen molar-refractivity contribution in [1.29, 1.82) is 0 Å². The van der Waals surface area contributed by atoms with Gasteiger partial charge in [-0.25, -0.2) is 8.42 Å². The number of ether oxygens (including phenoxy) is 2. The third kappa shape index (κ3) is 15.7. The van der Waals surface area contributed by atoms with Crippen LogP contribution in [0.25, 0.3) is 0 Å². The molecule has 2 aromatic carbocycles. The fourth-order valence-electron chi connectivity index (χ4n) is 6.76. The summed E-state index contributed by atoms with van der Waals surface area (Å²) in [4.78, 5) is 89.3. The van der Waals surface area contributed by atoms with Crippen LogP contribution in [0.1, 0.15) is 32.1 Å². The maximum Gasteiger partial charge on any atom is 0.327 e. The lowest BCUT2D eigenvalue weighted by atomic mass is 9.95. The second-order valence-corrected chi connectivity index (χ2v) is 16.7. The fraction of sp³-hybridized carbons (Fsp3) is 0.513. The molecule has 1 saturated heterocycles. The molecule has 2 aromatic rings. The molecule has 0 aromatic heterocycles. The average molecular weight is 879 g/mol. The first-order valence-corrected chi connectivity index (χ1v) is 20.9. The number of nitrogens with zero attached hydrogens (tertiary/aromatic N) is 4. The van der Waals surface area contributed by atoms with Crippen LogP contribution in [0.3, 0.4) is 0 Å². The molecule has 22 heteroatoms. The number of amides is 2. The number of benzene rings is 2. The van der Waals surface area contributed by atoms with Crippen LogP contribution in [-0.2, 0) is 48.1 Å². The Hall–Kier alpha value is -5.68. The lowest BCUT2D eigenvalue weighted by molar-refractivity contribution is -0.147. The number of nitrogens with one attached hydrogen (secondary N) is 1. The number of esters is 1. The smallest absolute Gasteiger partial charge is 0.327 e. The van der Waals surface area contributed by atoms with Gasteiger partial charge < -0.3 is 45.9 Å². The molecule has 336 valence electrons. The lowest BCUT2D eigenvalue weighted by Gasteiger charge is -2.39. The number of para-hydroxylation sites is 1. The van der Waals surface area contributed by atoms with Crippen LogP contribution in [0, 0.1) is 0 Å². The largest absolute Gasteiger partial charge is 0.480 e. The molecule has 0 aliphatic carbocycles. The topological polar surface area (TPSA) is 304 Å². The number of methoxy groups -OCH3 is 1. The van der Waals surface area contributed by atoms with Crippen LogP contribution in [-0.4, -0.2) is 187 Å². The molecule has 1 aliphatic rings. The Balaban J connectivity index is 1.47. The fourth-order valence-corrected chi connectivity index (χ4v) is 8.73. The van der Waals surface area contributed by atoms with Gasteiger partial charge in [0, 0.05) is 45.8 Å². The minimum Gasteiger partial charge on any atom is -0.480 e. The Morgan fingerprint density at radius 1 is 0.721 bits per heavy atom. The normalized spacial score (nSPS) is 14.3. The van der Waals surface area contributed by atoms with Gasteiger partial charge in [0.1, 0.15) is 11.5 Å². The standard InChI is InChI=1S/C39H54N6O15S/c1-59-38(56)39(61(57,58)30-12-10-29(11-13-30)60-28-7-3-2-4-8-28)14-17-45(18-15-39)37(55)31(40)9-5-6-16-41-32(46)23-43(25-34(49)50)21-19-42(24-33(47)48)20-22-44(26-35(51)52)27-36(53)54/h2-4,7-8,10-13,31H,5-6,9,14-27,40H2,1H3,(H,41,46)(H,47,48)(H,49,50)(H,51,52)(H,53,54)/t31-/m0/s1. The summed E-state index contributed by atoms with van der Waals surface area (Å²) in [6.45, 7) is -2.75. The van der Waals surface area contributed by atoms with Crippen LogP contribution >= 0.6 is 0 Å². The number of sulfone groups is 1. The summed E-state index contributed by atoms with van der Waals surface area (Å²) in [6, 6.07) is 13.6. The molecule has 1 heterocycles. The number of rotatable bonds is 27. The molecule has 0 bridgehead atoms. The van der Waals surface area contributed by atoms with Gasteiger partial charge in [0.25, 0.3) is 0 Å². The quantitative estimate of drug-likeness (QED) is 0.0493. The van der Waals surface area contributed by atoms with E-state index < -0.39 is 88.5 Å². The number of carbonyl (C=O) groups excluding carboxylic acids is 3. The SMILES string of the molecule is COC(=O)C1(S(=O)(=O)c2ccc(Oc3ccccc3)cc2)CCN(C(=O)[C@@H](N)CCCCNC(=O)CN(CCN(CCN(CC(=O)O)CC(=O)O)CC(=O)O)CC(=O)O)CC1. The van der Waals surface area contributed by atoms with Crippen molar-refractivity contribution in [2.24, 2.45) is 5.73 Å². The summed E-state index contributed by atoms with van der Waals surface area (Å²) in [7, 11) is -3.18. The van der Waals surface area contributed by atoms with Gasteiger partial charge in [0.05, 0.1) is 50.8 Å². The van der Waals surface area contributed by atoms with E-state index in [2.05, 4.69) is 5.32 Å². The molecule has 1 fully saturated rings. The molecular weight excluding hydrogens is 825 g/mol. The molecule has 1 aliphatic heterocycles. The lowest BCUT2D eigenvalue weighted by Crippen LogP contribution is -2.57. The molecule has 21 nitrogen and oxygen atoms in total. The number of piperidine rings is 1. The Kier molecular flexibility index (Phi) is 19.5. The number of carboxylic acids is 4. The van der Waals surface area contributed by atoms with Gasteiger partial charge in [0.15, 0.2) is 14.6 Å². The van der Waals surface area contributed by atoms with Crippen molar-refractivity contribution in [2.75, 3.05) is 85.6 Å². The summed E-state index contributed by atoms with van der Waals surface area (Å²) in [5, 5.41) is 39.5. The van der Waals surface area contributed by atoms with Crippen LogP contribution in [0.15, 0.2) is 59.5 Å². The predicted octanol–water partition coefficient (Wildman–Crippen LogP) is -0.355. The van der Waals surface area contributed by atoms with Gasteiger partial charge >= 0.3 is 29.8 Å². The zero-order valence-corrected chi connectivity index (χ0v) is 34.7. The highest BCUT2D eigenvalue weighted by Crippen LogP contribution is 2.38. The van der Waals surface area contributed by atoms with Crippen molar-refractivity contribution < 1.29 is 71.9 Å². The minimum absolute atomic E-state index is 0.0253. The Morgan fingerprint density at radius 3 is 1.70 bits per heavy atom. The first kappa shape index (κ1) is 49.7. The summed E-state index contributed by atoms with van der Waals surface area (Å²) in [5.41, 5.74) is 6.21. The third-order valence-electron chi connectivity index (χ3n) is 9.92. The van der Waals surface area contributed by atoms with Crippen molar-refractivity contribution >= 4 is 51.5 Å². The van der Waals surface area contributed by atoms with Crippen molar-refractivity contribution in [3.05, 3.63) is 54.6 Å². The van der Waals surface area contributed by atoms with E-state index in [1.54, 1.807) is 24.3 Å². The van der Waals surface area contributed by atoms with Gasteiger partial charge in [-0.1, -0.05) is 18.2 Å². The summed E-state index contributed by atoms with van der Waals surface area (Å²) in [6.07, 6.45) is 0.603. The van der Waals surface area contributed by atoms with Gasteiger partial charge in [-0.2, -0.15) is 0 Å². The number of carboxylic acid groups (broad SMARTS) is 4. The number of likely N-dealkylation sites (tertiary alicyclic amines) is 1. The number of hydrogen-bond acceptors (Lipinski definition) is 15. The van der Waals surface area contributed by atoms with E-state index in [-0.39, 0.29) is 76.5 Å². The molecule has 3 rings (SSSR count). The van der Waals surface area contributed by atoms with Crippen molar-refractivity contribution in [1.82, 2.24) is 24.9 Å². The van der Waals surface area contributed by atoms with E-state index in [0.717, 1.165) is 12.0 Å². The van der Waals surface area contributed by atoms with Gasteiger partial charge in [-0.3, -0.25) is 48.3 Å². The average Bonchev–Trinajstić information content (AvgIpc) is 3.20. The van der Waals surface area contributed by atoms with Crippen LogP contribution < -0.4 is 15.8 Å². The van der Waals surface area contributed by atoms with Crippen molar-refractivity contribution in [2.45, 2.75) is 47.8 Å². The second-order valence-electron chi connectivity index (χ2n) is 14.4. The van der Waals surface area contributed by atoms with Gasteiger partial charge in [0.2, 0.25) is 11.8 Å². The Labute approximate surface area is 352 Å². The third-order valence-corrected chi connectivity index (χ3v) is 12.4. The number of aliphatic carboxylic acids is 4. The Morgan fingerprint density at radius 2 is 1.20 bits per heavy atom. The molecule has 2 amide bonds. The van der Waals surface area contributed by atoms with E-state index in [1.807, 2.05) is 6.07 Å². The van der Waals surface area contributed by atoms with Gasteiger partial charge in [-0.05, 0) is 68.5 Å². The molecule has 1 atom stereocenters.